The minimum atomic E-state index is 0.443. The van der Waals surface area contributed by atoms with Crippen LogP contribution in [0, 0.1) is 12.8 Å². The minimum absolute atomic E-state index is 0.443. The molecule has 8 heavy (non-hydrogen) atoms. The molecule has 1 rings (SSSR count). The van der Waals surface area contributed by atoms with Crippen LogP contribution >= 0.6 is 0 Å². The molecule has 2 radical (unpaired) electrons. The molecule has 1 aliphatic carbocycles. The summed E-state index contributed by atoms with van der Waals surface area (Å²) >= 11 is 0. The van der Waals surface area contributed by atoms with E-state index < -0.39 is 0 Å². The van der Waals surface area contributed by atoms with Gasteiger partial charge in [-0.25, -0.2) is 0 Å². The summed E-state index contributed by atoms with van der Waals surface area (Å²) in [4.78, 5) is 0. The van der Waals surface area contributed by atoms with Gasteiger partial charge in [0, 0.05) is 0 Å². The van der Waals surface area contributed by atoms with Gasteiger partial charge in [-0.15, -0.1) is 0 Å². The van der Waals surface area contributed by atoms with Crippen molar-refractivity contribution >= 4 is 0 Å². The van der Waals surface area contributed by atoms with Gasteiger partial charge in [-0.05, 0) is 39.0 Å². The lowest BCUT2D eigenvalue weighted by Crippen LogP contribution is -1.99. The summed E-state index contributed by atoms with van der Waals surface area (Å²) in [6, 6.07) is 0. The number of allylic oxidation sites excluding steroid dienone is 2. The van der Waals surface area contributed by atoms with Gasteiger partial charge in [0.2, 0.25) is 0 Å². The topological polar surface area (TPSA) is 0 Å². The Morgan fingerprint density at radius 2 is 2.50 bits per heavy atom. The molecule has 0 heteroatoms. The van der Waals surface area contributed by atoms with Crippen molar-refractivity contribution in [3.05, 3.63) is 18.6 Å². The first kappa shape index (κ1) is 5.87. The summed E-state index contributed by atoms with van der Waals surface area (Å²) in [6.07, 6.45) is 5.73. The highest BCUT2D eigenvalue weighted by atomic mass is 14.1. The maximum atomic E-state index is 5.65. The highest BCUT2D eigenvalue weighted by molar-refractivity contribution is 5.03. The summed E-state index contributed by atoms with van der Waals surface area (Å²) < 4.78 is 0. The standard InChI is InChI=1S/C8H12/c1-7-3-5-8(2)6-4-7/h1,5,7H,3-4,6H2,2H3. The zero-order valence-electron chi connectivity index (χ0n) is 5.35. The normalized spacial score (nSPS) is 29.8. The van der Waals surface area contributed by atoms with Gasteiger partial charge < -0.3 is 0 Å². The van der Waals surface area contributed by atoms with Crippen molar-refractivity contribution in [2.45, 2.75) is 26.2 Å². The molecular weight excluding hydrogens is 96.1 g/mol. The fourth-order valence-corrected chi connectivity index (χ4v) is 0.986. The van der Waals surface area contributed by atoms with Crippen LogP contribution in [0.5, 0.6) is 0 Å². The Morgan fingerprint density at radius 1 is 1.75 bits per heavy atom. The van der Waals surface area contributed by atoms with E-state index in [1.54, 1.807) is 0 Å². The molecule has 0 fully saturated rings. The van der Waals surface area contributed by atoms with E-state index in [1.807, 2.05) is 0 Å². The molecule has 1 aliphatic rings. The van der Waals surface area contributed by atoms with E-state index in [-0.39, 0.29) is 0 Å². The van der Waals surface area contributed by atoms with E-state index in [1.165, 1.54) is 18.4 Å². The fraction of sp³-hybridized carbons (Fsp3) is 0.625. The third kappa shape index (κ3) is 1.36. The molecule has 0 spiro atoms. The maximum absolute atomic E-state index is 5.65. The van der Waals surface area contributed by atoms with Gasteiger partial charge in [-0.1, -0.05) is 11.6 Å². The van der Waals surface area contributed by atoms with Crippen LogP contribution in [-0.2, 0) is 0 Å². The van der Waals surface area contributed by atoms with E-state index in [0.717, 1.165) is 6.42 Å². The van der Waals surface area contributed by atoms with Gasteiger partial charge in [0.15, 0.2) is 0 Å². The molecule has 1 atom stereocenters. The Kier molecular flexibility index (Phi) is 1.72. The zero-order chi connectivity index (χ0) is 5.98. The van der Waals surface area contributed by atoms with Crippen LogP contribution in [0.4, 0.5) is 0 Å². The van der Waals surface area contributed by atoms with E-state index in [4.69, 9.17) is 6.92 Å². The van der Waals surface area contributed by atoms with Crippen LogP contribution < -0.4 is 0 Å². The molecule has 1 unspecified atom stereocenters. The SMILES string of the molecule is [CH]C1CC=C(C)CC1. The van der Waals surface area contributed by atoms with Crippen molar-refractivity contribution in [2.75, 3.05) is 0 Å². The van der Waals surface area contributed by atoms with Crippen LogP contribution in [0.2, 0.25) is 0 Å². The molecule has 0 saturated heterocycles. The molecule has 0 aromatic rings. The Balaban J connectivity index is 2.42. The second-order valence-corrected chi connectivity index (χ2v) is 2.58. The fourth-order valence-electron chi connectivity index (χ4n) is 0.986. The molecule has 0 aromatic carbocycles. The van der Waals surface area contributed by atoms with E-state index in [0.29, 0.717) is 5.92 Å². The van der Waals surface area contributed by atoms with E-state index >= 15 is 0 Å². The van der Waals surface area contributed by atoms with Crippen LogP contribution in [0.25, 0.3) is 0 Å². The van der Waals surface area contributed by atoms with Crippen molar-refractivity contribution in [1.29, 1.82) is 0 Å². The summed E-state index contributed by atoms with van der Waals surface area (Å²) in [6.45, 7) is 7.82. The molecule has 0 N–H and O–H groups in total. The van der Waals surface area contributed by atoms with Gasteiger partial charge in [0.25, 0.3) is 0 Å². The maximum Gasteiger partial charge on any atom is -0.0315 e. The predicted octanol–water partition coefficient (Wildman–Crippen LogP) is 2.44. The predicted molar refractivity (Wildman–Crippen MR) is 35.4 cm³/mol. The number of hydrogen-bond donors (Lipinski definition) is 0. The summed E-state index contributed by atoms with van der Waals surface area (Å²) in [5, 5.41) is 0. The lowest BCUT2D eigenvalue weighted by molar-refractivity contribution is 0.564. The highest BCUT2D eigenvalue weighted by Crippen LogP contribution is 2.21. The van der Waals surface area contributed by atoms with Crippen LogP contribution in [0.1, 0.15) is 26.2 Å². The van der Waals surface area contributed by atoms with Crippen LogP contribution in [0.15, 0.2) is 11.6 Å². The zero-order valence-corrected chi connectivity index (χ0v) is 5.35. The second-order valence-electron chi connectivity index (χ2n) is 2.58. The summed E-state index contributed by atoms with van der Waals surface area (Å²) in [5.74, 6) is 0.443. The first-order valence-electron chi connectivity index (χ1n) is 3.20. The van der Waals surface area contributed by atoms with Gasteiger partial charge in [0.05, 0.1) is 0 Å². The van der Waals surface area contributed by atoms with E-state index in [2.05, 4.69) is 13.0 Å². The van der Waals surface area contributed by atoms with Crippen molar-refractivity contribution < 1.29 is 0 Å². The van der Waals surface area contributed by atoms with Gasteiger partial charge >= 0.3 is 0 Å². The third-order valence-electron chi connectivity index (χ3n) is 1.68. The average molecular weight is 108 g/mol. The van der Waals surface area contributed by atoms with Gasteiger partial charge in [0.1, 0.15) is 0 Å². The smallest absolute Gasteiger partial charge is 0.0315 e. The number of hydrogen-bond acceptors (Lipinski definition) is 0. The second kappa shape index (κ2) is 2.34. The van der Waals surface area contributed by atoms with Crippen LogP contribution in [0.3, 0.4) is 0 Å². The van der Waals surface area contributed by atoms with Crippen molar-refractivity contribution in [3.8, 4) is 0 Å². The van der Waals surface area contributed by atoms with Crippen molar-refractivity contribution in [2.24, 2.45) is 5.92 Å². The molecule has 0 aliphatic heterocycles. The van der Waals surface area contributed by atoms with Gasteiger partial charge in [-0.2, -0.15) is 0 Å². The Labute approximate surface area is 51.6 Å². The first-order chi connectivity index (χ1) is 3.79. The monoisotopic (exact) mass is 108 g/mol. The summed E-state index contributed by atoms with van der Waals surface area (Å²) in [5.41, 5.74) is 1.51. The van der Waals surface area contributed by atoms with Crippen molar-refractivity contribution in [3.63, 3.8) is 0 Å². The summed E-state index contributed by atoms with van der Waals surface area (Å²) in [7, 11) is 0. The molecule has 0 nitrogen and oxygen atoms in total. The molecule has 0 amide bonds. The molecule has 0 bridgehead atoms. The largest absolute Gasteiger partial charge is 0.0853 e. The molecule has 0 saturated carbocycles. The Bertz CT molecular complexity index is 101. The Hall–Kier alpha value is -0.260. The van der Waals surface area contributed by atoms with Crippen LogP contribution in [-0.4, -0.2) is 0 Å². The molecule has 0 heterocycles. The molecular formula is C8H12. The lowest BCUT2D eigenvalue weighted by atomic mass is 9.92. The lowest BCUT2D eigenvalue weighted by Gasteiger charge is -2.14. The van der Waals surface area contributed by atoms with E-state index in [9.17, 15) is 0 Å². The average Bonchev–Trinajstić information content (AvgIpc) is 1.77. The Morgan fingerprint density at radius 3 is 2.88 bits per heavy atom. The van der Waals surface area contributed by atoms with Crippen molar-refractivity contribution in [1.82, 2.24) is 0 Å². The molecule has 44 valence electrons. The number of rotatable bonds is 0. The quantitative estimate of drug-likeness (QED) is 0.418. The van der Waals surface area contributed by atoms with Gasteiger partial charge in [-0.3, -0.25) is 0 Å². The minimum Gasteiger partial charge on any atom is -0.0853 e. The highest BCUT2D eigenvalue weighted by Gasteiger charge is 2.05. The third-order valence-corrected chi connectivity index (χ3v) is 1.68. The first-order valence-corrected chi connectivity index (χ1v) is 3.20. The molecule has 0 aromatic heterocycles.